The Morgan fingerprint density at radius 1 is 0.818 bits per heavy atom. The molecule has 0 heterocycles. The third-order valence-corrected chi connectivity index (χ3v) is 2.36. The molecule has 124 valence electrons. The number of hydrogen-bond donors (Lipinski definition) is 1. The van der Waals surface area contributed by atoms with Gasteiger partial charge in [-0.1, -0.05) is 0 Å². The van der Waals surface area contributed by atoms with Crippen LogP contribution in [0.3, 0.4) is 0 Å². The smallest absolute Gasteiger partial charge is 0.303 e. The maximum absolute atomic E-state index is 11.9. The van der Waals surface area contributed by atoms with Gasteiger partial charge in [-0.15, -0.1) is 0 Å². The summed E-state index contributed by atoms with van der Waals surface area (Å²) in [5.41, 5.74) is 0. The number of ether oxygens (including phenoxy) is 3. The maximum Gasteiger partial charge on any atom is 0.303 e. The predicted octanol–water partition coefficient (Wildman–Crippen LogP) is -1.07. The van der Waals surface area contributed by atoms with Crippen LogP contribution >= 0.6 is 0 Å². The lowest BCUT2D eigenvalue weighted by molar-refractivity contribution is -0.188. The third-order valence-electron chi connectivity index (χ3n) is 2.36. The van der Waals surface area contributed by atoms with Gasteiger partial charge in [0, 0.05) is 27.7 Å². The van der Waals surface area contributed by atoms with Crippen LogP contribution in [0.25, 0.3) is 0 Å². The van der Waals surface area contributed by atoms with Gasteiger partial charge in [0.25, 0.3) is 0 Å². The number of carbonyl (C=O) groups is 5. The van der Waals surface area contributed by atoms with Gasteiger partial charge in [0.1, 0.15) is 0 Å². The Kier molecular flexibility index (Phi) is 7.95. The number of Topliss-reactive ketones (excluding diaryl/α,β-unsaturated/α-hetero) is 2. The standard InChI is InChI=1S/C13H18O9/c1-6(15)11(19)13(22-9(4)18)12(21-8(3)17)10(5-14)20-7(2)16/h10,12-14H,5H2,1-4H3/t10-,12-,13-/m1/s1. The minimum absolute atomic E-state index is 0.819. The molecule has 0 aliphatic rings. The van der Waals surface area contributed by atoms with Gasteiger partial charge >= 0.3 is 17.9 Å². The Balaban J connectivity index is 5.65. The van der Waals surface area contributed by atoms with Crippen molar-refractivity contribution in [1.82, 2.24) is 0 Å². The van der Waals surface area contributed by atoms with Crippen LogP contribution in [0.1, 0.15) is 27.7 Å². The fourth-order valence-electron chi connectivity index (χ4n) is 1.59. The lowest BCUT2D eigenvalue weighted by atomic mass is 10.0. The molecule has 0 aliphatic heterocycles. The van der Waals surface area contributed by atoms with Crippen LogP contribution in [0, 0.1) is 0 Å². The zero-order valence-electron chi connectivity index (χ0n) is 12.7. The first-order valence-electron chi connectivity index (χ1n) is 6.27. The summed E-state index contributed by atoms with van der Waals surface area (Å²) in [6, 6.07) is 0. The Hall–Kier alpha value is -2.29. The van der Waals surface area contributed by atoms with Crippen LogP contribution in [-0.2, 0) is 38.2 Å². The molecule has 0 aromatic carbocycles. The SMILES string of the molecule is CC(=O)O[C@@H]([C@H](OC(C)=O)C(=O)C(C)=O)[C@@H](CO)OC(C)=O. The van der Waals surface area contributed by atoms with Gasteiger partial charge in [-0.05, 0) is 0 Å². The van der Waals surface area contributed by atoms with Gasteiger partial charge in [-0.3, -0.25) is 24.0 Å². The van der Waals surface area contributed by atoms with Gasteiger partial charge in [0.15, 0.2) is 18.0 Å². The molecule has 0 aromatic rings. The minimum Gasteiger partial charge on any atom is -0.456 e. The van der Waals surface area contributed by atoms with Crippen LogP contribution in [0.15, 0.2) is 0 Å². The summed E-state index contributed by atoms with van der Waals surface area (Å²) >= 11 is 0. The molecular weight excluding hydrogens is 300 g/mol. The van der Waals surface area contributed by atoms with Crippen molar-refractivity contribution in [2.45, 2.75) is 46.0 Å². The van der Waals surface area contributed by atoms with Crippen LogP contribution in [0.5, 0.6) is 0 Å². The predicted molar refractivity (Wildman–Crippen MR) is 69.4 cm³/mol. The molecule has 0 amide bonds. The zero-order valence-corrected chi connectivity index (χ0v) is 12.7. The molecule has 22 heavy (non-hydrogen) atoms. The van der Waals surface area contributed by atoms with Gasteiger partial charge in [-0.25, -0.2) is 0 Å². The molecule has 9 nitrogen and oxygen atoms in total. The first-order chi connectivity index (χ1) is 10.1. The summed E-state index contributed by atoms with van der Waals surface area (Å²) in [4.78, 5) is 56.4. The first-order valence-corrected chi connectivity index (χ1v) is 6.27. The third kappa shape index (κ3) is 6.44. The van der Waals surface area contributed by atoms with E-state index in [0.717, 1.165) is 27.7 Å². The van der Waals surface area contributed by atoms with Crippen molar-refractivity contribution in [2.24, 2.45) is 0 Å². The average molecular weight is 318 g/mol. The molecule has 9 heteroatoms. The van der Waals surface area contributed by atoms with E-state index in [0.29, 0.717) is 0 Å². The van der Waals surface area contributed by atoms with Crippen molar-refractivity contribution in [3.8, 4) is 0 Å². The normalized spacial score (nSPS) is 14.2. The molecule has 0 saturated carbocycles. The van der Waals surface area contributed by atoms with E-state index in [1.165, 1.54) is 0 Å². The van der Waals surface area contributed by atoms with Crippen LogP contribution in [-0.4, -0.2) is 59.5 Å². The lowest BCUT2D eigenvalue weighted by Crippen LogP contribution is -2.51. The second kappa shape index (κ2) is 8.88. The highest BCUT2D eigenvalue weighted by Crippen LogP contribution is 2.15. The molecule has 0 radical (unpaired) electrons. The number of carbonyl (C=O) groups excluding carboxylic acids is 5. The second-order valence-corrected chi connectivity index (χ2v) is 4.35. The molecule has 0 aromatic heterocycles. The van der Waals surface area contributed by atoms with Crippen LogP contribution < -0.4 is 0 Å². The summed E-state index contributed by atoms with van der Waals surface area (Å²) in [5, 5.41) is 9.26. The quantitative estimate of drug-likeness (QED) is 0.337. The molecule has 1 N–H and O–H groups in total. The van der Waals surface area contributed by atoms with E-state index in [1.54, 1.807) is 0 Å². The van der Waals surface area contributed by atoms with Crippen LogP contribution in [0.2, 0.25) is 0 Å². The number of hydrogen-bond acceptors (Lipinski definition) is 9. The van der Waals surface area contributed by atoms with E-state index in [9.17, 15) is 29.1 Å². The van der Waals surface area contributed by atoms with Crippen LogP contribution in [0.4, 0.5) is 0 Å². The molecule has 0 spiro atoms. The number of ketones is 2. The summed E-state index contributed by atoms with van der Waals surface area (Å²) in [7, 11) is 0. The number of aliphatic hydroxyl groups excluding tert-OH is 1. The molecule has 0 saturated heterocycles. The Morgan fingerprint density at radius 2 is 1.27 bits per heavy atom. The number of rotatable bonds is 8. The van der Waals surface area contributed by atoms with Gasteiger partial charge < -0.3 is 19.3 Å². The topological polar surface area (TPSA) is 133 Å². The van der Waals surface area contributed by atoms with Crippen molar-refractivity contribution < 1.29 is 43.3 Å². The highest BCUT2D eigenvalue weighted by molar-refractivity contribution is 6.38. The zero-order chi connectivity index (χ0) is 17.4. The second-order valence-electron chi connectivity index (χ2n) is 4.35. The first kappa shape index (κ1) is 19.7. The monoisotopic (exact) mass is 318 g/mol. The molecule has 0 unspecified atom stereocenters. The highest BCUT2D eigenvalue weighted by Gasteiger charge is 2.42. The summed E-state index contributed by atoms with van der Waals surface area (Å²) in [6.07, 6.45) is -4.95. The molecule has 0 fully saturated rings. The maximum atomic E-state index is 11.9. The molecular formula is C13H18O9. The van der Waals surface area contributed by atoms with Crippen molar-refractivity contribution >= 4 is 29.5 Å². The van der Waals surface area contributed by atoms with Gasteiger partial charge in [-0.2, -0.15) is 0 Å². The van der Waals surface area contributed by atoms with Crippen molar-refractivity contribution in [3.63, 3.8) is 0 Å². The summed E-state index contributed by atoms with van der Waals surface area (Å²) in [6.45, 7) is 3.12. The van der Waals surface area contributed by atoms with Crippen molar-refractivity contribution in [1.29, 1.82) is 0 Å². The minimum atomic E-state index is -1.82. The van der Waals surface area contributed by atoms with E-state index in [4.69, 9.17) is 14.2 Å². The number of aliphatic hydroxyl groups is 1. The molecule has 3 atom stereocenters. The largest absolute Gasteiger partial charge is 0.456 e. The fraction of sp³-hybridized carbons (Fsp3) is 0.615. The Bertz CT molecular complexity index is 468. The van der Waals surface area contributed by atoms with E-state index in [2.05, 4.69) is 0 Å². The van der Waals surface area contributed by atoms with Gasteiger partial charge in [0.2, 0.25) is 11.9 Å². The van der Waals surface area contributed by atoms with Gasteiger partial charge in [0.05, 0.1) is 6.61 Å². The highest BCUT2D eigenvalue weighted by atomic mass is 16.6. The fourth-order valence-corrected chi connectivity index (χ4v) is 1.59. The van der Waals surface area contributed by atoms with E-state index >= 15 is 0 Å². The molecule has 0 bridgehead atoms. The number of esters is 3. The summed E-state index contributed by atoms with van der Waals surface area (Å²) in [5.74, 6) is -4.75. The molecule has 0 aliphatic carbocycles. The summed E-state index contributed by atoms with van der Waals surface area (Å²) < 4.78 is 14.3. The van der Waals surface area contributed by atoms with E-state index < -0.39 is 54.4 Å². The Morgan fingerprint density at radius 3 is 1.59 bits per heavy atom. The van der Waals surface area contributed by atoms with E-state index in [-0.39, 0.29) is 0 Å². The Labute approximate surface area is 126 Å². The average Bonchev–Trinajstić information content (AvgIpc) is 2.38. The lowest BCUT2D eigenvalue weighted by Gasteiger charge is -2.29. The van der Waals surface area contributed by atoms with Crippen molar-refractivity contribution in [3.05, 3.63) is 0 Å². The molecule has 0 rings (SSSR count). The van der Waals surface area contributed by atoms with E-state index in [1.807, 2.05) is 0 Å². The van der Waals surface area contributed by atoms with Crippen molar-refractivity contribution in [2.75, 3.05) is 6.61 Å².